The first kappa shape index (κ1) is 21.5. The fourth-order valence-electron chi connectivity index (χ4n) is 3.74. The van der Waals surface area contributed by atoms with Crippen LogP contribution in [0, 0.1) is 0 Å². The highest BCUT2D eigenvalue weighted by Crippen LogP contribution is 2.33. The van der Waals surface area contributed by atoms with Crippen LogP contribution in [-0.2, 0) is 4.74 Å². The summed E-state index contributed by atoms with van der Waals surface area (Å²) in [6.45, 7) is 3.80. The molecule has 0 bridgehead atoms. The summed E-state index contributed by atoms with van der Waals surface area (Å²) in [4.78, 5) is 22.6. The van der Waals surface area contributed by atoms with Gasteiger partial charge >= 0.3 is 5.97 Å². The zero-order chi connectivity index (χ0) is 23.7. The lowest BCUT2D eigenvalue weighted by molar-refractivity contribution is 0.0338. The van der Waals surface area contributed by atoms with E-state index >= 15 is 0 Å². The number of hydrogen-bond donors (Lipinski definition) is 1. The van der Waals surface area contributed by atoms with E-state index in [1.54, 1.807) is 4.57 Å². The topological polar surface area (TPSA) is 92.3 Å². The van der Waals surface area contributed by atoms with E-state index in [1.165, 1.54) is 0 Å². The van der Waals surface area contributed by atoms with E-state index in [2.05, 4.69) is 0 Å². The molecule has 7 nitrogen and oxygen atoms in total. The van der Waals surface area contributed by atoms with Gasteiger partial charge in [0.05, 0.1) is 17.1 Å². The maximum absolute atomic E-state index is 13.1. The van der Waals surface area contributed by atoms with Gasteiger partial charge < -0.3 is 15.2 Å². The molecular formula is C27H24N4O3. The van der Waals surface area contributed by atoms with Crippen molar-refractivity contribution < 1.29 is 14.3 Å². The SMILES string of the molecule is CC[C@H](C)OC(=O)c1c(N)n(-c2ccc(Oc3ccccc3)cc2)c2nc3ccccc3nc12. The van der Waals surface area contributed by atoms with Gasteiger partial charge in [-0.05, 0) is 61.9 Å². The third kappa shape index (κ3) is 3.92. The minimum absolute atomic E-state index is 0.221. The summed E-state index contributed by atoms with van der Waals surface area (Å²) in [5.41, 5.74) is 9.78. The second-order valence-electron chi connectivity index (χ2n) is 8.01. The van der Waals surface area contributed by atoms with Gasteiger partial charge in [0, 0.05) is 5.69 Å². The third-order valence-electron chi connectivity index (χ3n) is 5.66. The maximum atomic E-state index is 13.1. The number of para-hydroxylation sites is 3. The summed E-state index contributed by atoms with van der Waals surface area (Å²) < 4.78 is 13.2. The van der Waals surface area contributed by atoms with Crippen molar-refractivity contribution in [3.63, 3.8) is 0 Å². The molecular weight excluding hydrogens is 428 g/mol. The van der Waals surface area contributed by atoms with Crippen molar-refractivity contribution in [2.75, 3.05) is 5.73 Å². The number of carbonyl (C=O) groups excluding carboxylic acids is 1. The monoisotopic (exact) mass is 452 g/mol. The van der Waals surface area contributed by atoms with Crippen molar-refractivity contribution >= 4 is 34.0 Å². The minimum Gasteiger partial charge on any atom is -0.459 e. The zero-order valence-electron chi connectivity index (χ0n) is 18.9. The van der Waals surface area contributed by atoms with Crippen LogP contribution < -0.4 is 10.5 Å². The number of esters is 1. The normalized spacial score (nSPS) is 12.1. The molecule has 0 saturated carbocycles. The van der Waals surface area contributed by atoms with Crippen LogP contribution >= 0.6 is 0 Å². The van der Waals surface area contributed by atoms with E-state index in [1.807, 2.05) is 92.7 Å². The Labute approximate surface area is 196 Å². The number of anilines is 1. The molecule has 2 N–H and O–H groups in total. The van der Waals surface area contributed by atoms with E-state index in [4.69, 9.17) is 25.2 Å². The number of nitrogens with two attached hydrogens (primary N) is 1. The Bertz CT molecular complexity index is 1480. The Balaban J connectivity index is 1.63. The Kier molecular flexibility index (Phi) is 5.59. The standard InChI is InChI=1S/C27H24N4O3/c1-3-17(2)33-27(32)23-24-26(30-22-12-8-7-11-21(22)29-24)31(25(23)28)18-13-15-20(16-14-18)34-19-9-5-4-6-10-19/h4-17H,3,28H2,1-2H3/t17-/m0/s1. The molecule has 5 rings (SSSR count). The van der Waals surface area contributed by atoms with Crippen LogP contribution in [-0.4, -0.2) is 26.6 Å². The van der Waals surface area contributed by atoms with Crippen LogP contribution in [0.5, 0.6) is 11.5 Å². The Morgan fingerprint density at radius 3 is 2.21 bits per heavy atom. The predicted molar refractivity (Wildman–Crippen MR) is 132 cm³/mol. The lowest BCUT2D eigenvalue weighted by Crippen LogP contribution is -2.15. The molecule has 2 heterocycles. The van der Waals surface area contributed by atoms with Crippen LogP contribution in [0.3, 0.4) is 0 Å². The lowest BCUT2D eigenvalue weighted by Gasteiger charge is -2.11. The average Bonchev–Trinajstić information content (AvgIpc) is 3.14. The molecule has 170 valence electrons. The summed E-state index contributed by atoms with van der Waals surface area (Å²) >= 11 is 0. The quantitative estimate of drug-likeness (QED) is 0.322. The number of aromatic nitrogens is 3. The molecule has 0 spiro atoms. The molecule has 5 aromatic rings. The molecule has 34 heavy (non-hydrogen) atoms. The maximum Gasteiger partial charge on any atom is 0.344 e. The number of carbonyl (C=O) groups is 1. The van der Waals surface area contributed by atoms with E-state index in [-0.39, 0.29) is 17.5 Å². The van der Waals surface area contributed by atoms with Crippen molar-refractivity contribution in [3.05, 3.63) is 84.4 Å². The van der Waals surface area contributed by atoms with Crippen molar-refractivity contribution in [1.82, 2.24) is 14.5 Å². The number of fused-ring (bicyclic) bond motifs is 2. The number of rotatable bonds is 6. The number of ether oxygens (including phenoxy) is 2. The molecule has 2 aromatic heterocycles. The number of benzene rings is 3. The van der Waals surface area contributed by atoms with Crippen molar-refractivity contribution in [2.45, 2.75) is 26.4 Å². The van der Waals surface area contributed by atoms with Crippen LogP contribution in [0.25, 0.3) is 27.9 Å². The predicted octanol–water partition coefficient (Wildman–Crippen LogP) is 5.90. The van der Waals surface area contributed by atoms with Crippen LogP contribution in [0.1, 0.15) is 30.6 Å². The molecule has 0 unspecified atom stereocenters. The molecule has 0 aliphatic heterocycles. The van der Waals surface area contributed by atoms with Gasteiger partial charge in [0.2, 0.25) is 0 Å². The second kappa shape index (κ2) is 8.86. The van der Waals surface area contributed by atoms with Gasteiger partial charge in [-0.15, -0.1) is 0 Å². The van der Waals surface area contributed by atoms with Gasteiger partial charge in [0.15, 0.2) is 5.65 Å². The van der Waals surface area contributed by atoms with Gasteiger partial charge in [-0.3, -0.25) is 4.57 Å². The van der Waals surface area contributed by atoms with Crippen molar-refractivity contribution in [2.24, 2.45) is 0 Å². The third-order valence-corrected chi connectivity index (χ3v) is 5.66. The molecule has 0 amide bonds. The number of nitrogen functional groups attached to an aromatic ring is 1. The summed E-state index contributed by atoms with van der Waals surface area (Å²) in [5, 5.41) is 0. The highest BCUT2D eigenvalue weighted by molar-refractivity contribution is 6.09. The molecule has 7 heteroatoms. The highest BCUT2D eigenvalue weighted by Gasteiger charge is 2.26. The van der Waals surface area contributed by atoms with E-state index in [0.717, 1.165) is 11.4 Å². The minimum atomic E-state index is -0.510. The molecule has 1 atom stereocenters. The van der Waals surface area contributed by atoms with E-state index < -0.39 is 5.97 Å². The van der Waals surface area contributed by atoms with Crippen molar-refractivity contribution in [3.8, 4) is 17.2 Å². The van der Waals surface area contributed by atoms with E-state index in [9.17, 15) is 4.79 Å². The van der Waals surface area contributed by atoms with Gasteiger partial charge in [0.25, 0.3) is 0 Å². The average molecular weight is 453 g/mol. The van der Waals surface area contributed by atoms with Crippen molar-refractivity contribution in [1.29, 1.82) is 0 Å². The van der Waals surface area contributed by atoms with E-state index in [0.29, 0.717) is 34.4 Å². The van der Waals surface area contributed by atoms with Gasteiger partial charge in [-0.2, -0.15) is 0 Å². The molecule has 0 radical (unpaired) electrons. The Morgan fingerprint density at radius 2 is 1.53 bits per heavy atom. The van der Waals surface area contributed by atoms with Crippen LogP contribution in [0.4, 0.5) is 5.82 Å². The first-order chi connectivity index (χ1) is 16.5. The second-order valence-corrected chi connectivity index (χ2v) is 8.01. The van der Waals surface area contributed by atoms with Crippen LogP contribution in [0.2, 0.25) is 0 Å². The number of nitrogens with zero attached hydrogens (tertiary/aromatic N) is 3. The summed E-state index contributed by atoms with van der Waals surface area (Å²) in [6, 6.07) is 24.5. The lowest BCUT2D eigenvalue weighted by atomic mass is 10.2. The van der Waals surface area contributed by atoms with Gasteiger partial charge in [-0.25, -0.2) is 14.8 Å². The fraction of sp³-hybridized carbons (Fsp3) is 0.148. The summed E-state index contributed by atoms with van der Waals surface area (Å²) in [7, 11) is 0. The fourth-order valence-corrected chi connectivity index (χ4v) is 3.74. The molecule has 0 saturated heterocycles. The summed E-state index contributed by atoms with van der Waals surface area (Å²) in [5.74, 6) is 1.14. The first-order valence-electron chi connectivity index (χ1n) is 11.2. The summed E-state index contributed by atoms with van der Waals surface area (Å²) in [6.07, 6.45) is 0.454. The molecule has 3 aromatic carbocycles. The molecule has 0 fully saturated rings. The largest absolute Gasteiger partial charge is 0.459 e. The molecule has 0 aliphatic carbocycles. The number of hydrogen-bond acceptors (Lipinski definition) is 6. The smallest absolute Gasteiger partial charge is 0.344 e. The van der Waals surface area contributed by atoms with Crippen LogP contribution in [0.15, 0.2) is 78.9 Å². The Hall–Kier alpha value is -4.39. The molecule has 0 aliphatic rings. The Morgan fingerprint density at radius 1 is 0.912 bits per heavy atom. The zero-order valence-corrected chi connectivity index (χ0v) is 18.9. The van der Waals surface area contributed by atoms with Gasteiger partial charge in [-0.1, -0.05) is 37.3 Å². The highest BCUT2D eigenvalue weighted by atomic mass is 16.5. The van der Waals surface area contributed by atoms with Gasteiger partial charge in [0.1, 0.15) is 28.4 Å². The first-order valence-corrected chi connectivity index (χ1v) is 11.2.